The molecule has 0 aliphatic carbocycles. The number of para-hydroxylation sites is 1. The molecule has 0 spiro atoms. The Hall–Kier alpha value is -2.95. The van der Waals surface area contributed by atoms with Gasteiger partial charge in [-0.15, -0.1) is 0 Å². The van der Waals surface area contributed by atoms with Crippen LogP contribution < -0.4 is 16.0 Å². The van der Waals surface area contributed by atoms with Crippen LogP contribution in [0.5, 0.6) is 0 Å². The zero-order valence-corrected chi connectivity index (χ0v) is 18.2. The van der Waals surface area contributed by atoms with Crippen LogP contribution in [0.1, 0.15) is 19.4 Å². The second-order valence-electron chi connectivity index (χ2n) is 7.98. The normalized spacial score (nSPS) is 17.0. The number of nitriles is 1. The fourth-order valence-electron chi connectivity index (χ4n) is 3.69. The maximum absolute atomic E-state index is 12.8. The van der Waals surface area contributed by atoms with Gasteiger partial charge in [-0.05, 0) is 56.7 Å². The molecule has 1 fully saturated rings. The van der Waals surface area contributed by atoms with Gasteiger partial charge in [0.05, 0.1) is 0 Å². The summed E-state index contributed by atoms with van der Waals surface area (Å²) in [6.45, 7) is 7.84. The molecule has 8 heteroatoms. The Kier molecular flexibility index (Phi) is 6.70. The van der Waals surface area contributed by atoms with Gasteiger partial charge in [0.1, 0.15) is 0 Å². The molecule has 3 N–H and O–H groups in total. The van der Waals surface area contributed by atoms with E-state index in [0.717, 1.165) is 11.3 Å². The zero-order valence-electron chi connectivity index (χ0n) is 17.4. The summed E-state index contributed by atoms with van der Waals surface area (Å²) in [6, 6.07) is 14.9. The Labute approximate surface area is 182 Å². The van der Waals surface area contributed by atoms with E-state index in [1.165, 1.54) is 0 Å². The topological polar surface area (TPSA) is 83.4 Å². The minimum atomic E-state index is -0.382. The predicted octanol–water partition coefficient (Wildman–Crippen LogP) is 4.04. The average Bonchev–Trinajstić information content (AvgIpc) is 2.70. The molecule has 2 aromatic rings. The van der Waals surface area contributed by atoms with Gasteiger partial charge < -0.3 is 15.5 Å². The van der Waals surface area contributed by atoms with E-state index < -0.39 is 0 Å². The molecular weight excluding hydrogens is 400 g/mol. The number of halogens is 1. The molecular formula is C22H27ClN6O. The first-order chi connectivity index (χ1) is 14.3. The summed E-state index contributed by atoms with van der Waals surface area (Å²) in [5.41, 5.74) is 2.40. The molecule has 158 valence electrons. The predicted molar refractivity (Wildman–Crippen MR) is 120 cm³/mol. The van der Waals surface area contributed by atoms with E-state index in [2.05, 4.69) is 40.9 Å². The Balaban J connectivity index is 1.69. The van der Waals surface area contributed by atoms with E-state index in [-0.39, 0.29) is 17.9 Å². The summed E-state index contributed by atoms with van der Waals surface area (Å²) in [4.78, 5) is 16.7. The van der Waals surface area contributed by atoms with Gasteiger partial charge in [-0.25, -0.2) is 4.79 Å². The number of aryl methyl sites for hydroxylation is 1. The van der Waals surface area contributed by atoms with E-state index in [4.69, 9.17) is 11.6 Å². The van der Waals surface area contributed by atoms with Crippen LogP contribution >= 0.6 is 11.6 Å². The first-order valence-corrected chi connectivity index (χ1v) is 10.2. The second-order valence-corrected chi connectivity index (χ2v) is 8.42. The van der Waals surface area contributed by atoms with Crippen molar-refractivity contribution in [3.63, 3.8) is 0 Å². The SMILES string of the molecule is Cc1ccccc1NC(NC#N)N1CCN(C(=O)Nc2ccc(Cl)cc2)CC1(C)C. The van der Waals surface area contributed by atoms with Crippen molar-refractivity contribution in [1.29, 1.82) is 5.26 Å². The summed E-state index contributed by atoms with van der Waals surface area (Å²) in [6.07, 6.45) is 1.67. The van der Waals surface area contributed by atoms with Gasteiger partial charge in [0, 0.05) is 41.6 Å². The van der Waals surface area contributed by atoms with Crippen LogP contribution in [-0.4, -0.2) is 47.3 Å². The number of benzene rings is 2. The summed E-state index contributed by atoms with van der Waals surface area (Å²) in [7, 11) is 0. The number of hydrogen-bond acceptors (Lipinski definition) is 5. The molecule has 0 saturated carbocycles. The number of carbonyl (C=O) groups is 1. The number of amides is 2. The van der Waals surface area contributed by atoms with Crippen LogP contribution in [0.15, 0.2) is 48.5 Å². The van der Waals surface area contributed by atoms with Gasteiger partial charge in [-0.3, -0.25) is 10.2 Å². The summed E-state index contributed by atoms with van der Waals surface area (Å²) < 4.78 is 0. The minimum Gasteiger partial charge on any atom is -0.352 e. The fourth-order valence-corrected chi connectivity index (χ4v) is 3.82. The molecule has 1 aliphatic rings. The lowest BCUT2D eigenvalue weighted by atomic mass is 9.99. The Morgan fingerprint density at radius 1 is 1.17 bits per heavy atom. The van der Waals surface area contributed by atoms with Gasteiger partial charge >= 0.3 is 6.03 Å². The van der Waals surface area contributed by atoms with E-state index in [9.17, 15) is 10.1 Å². The molecule has 30 heavy (non-hydrogen) atoms. The average molecular weight is 427 g/mol. The van der Waals surface area contributed by atoms with Crippen molar-refractivity contribution in [2.24, 2.45) is 0 Å². The largest absolute Gasteiger partial charge is 0.352 e. The molecule has 1 aliphatic heterocycles. The van der Waals surface area contributed by atoms with Gasteiger partial charge in [0.25, 0.3) is 0 Å². The van der Waals surface area contributed by atoms with Gasteiger partial charge in [0.2, 0.25) is 0 Å². The van der Waals surface area contributed by atoms with Crippen molar-refractivity contribution in [3.05, 3.63) is 59.1 Å². The highest BCUT2D eigenvalue weighted by Crippen LogP contribution is 2.25. The van der Waals surface area contributed by atoms with Crippen molar-refractivity contribution < 1.29 is 4.79 Å². The Morgan fingerprint density at radius 3 is 2.50 bits per heavy atom. The number of rotatable bonds is 5. The van der Waals surface area contributed by atoms with Crippen LogP contribution in [0.2, 0.25) is 5.02 Å². The molecule has 2 amide bonds. The molecule has 3 rings (SSSR count). The summed E-state index contributed by atoms with van der Waals surface area (Å²) >= 11 is 5.91. The molecule has 1 saturated heterocycles. The van der Waals surface area contributed by atoms with Gasteiger partial charge in [-0.1, -0.05) is 29.8 Å². The number of hydrogen-bond donors (Lipinski definition) is 3. The van der Waals surface area contributed by atoms with Gasteiger partial charge in [0.15, 0.2) is 12.5 Å². The lowest BCUT2D eigenvalue weighted by molar-refractivity contribution is 0.00769. The molecule has 1 atom stereocenters. The number of carbonyl (C=O) groups excluding carboxylic acids is 1. The maximum Gasteiger partial charge on any atom is 0.321 e. The van der Waals surface area contributed by atoms with Crippen LogP contribution in [0, 0.1) is 18.4 Å². The van der Waals surface area contributed by atoms with E-state index in [0.29, 0.717) is 30.3 Å². The summed E-state index contributed by atoms with van der Waals surface area (Å²) in [5.74, 6) is 0. The highest BCUT2D eigenvalue weighted by atomic mass is 35.5. The fraction of sp³-hybridized carbons (Fsp3) is 0.364. The number of anilines is 2. The third-order valence-electron chi connectivity index (χ3n) is 5.30. The summed E-state index contributed by atoms with van der Waals surface area (Å²) in [5, 5.41) is 19.1. The maximum atomic E-state index is 12.8. The highest BCUT2D eigenvalue weighted by molar-refractivity contribution is 6.30. The second kappa shape index (κ2) is 9.24. The van der Waals surface area contributed by atoms with Crippen LogP contribution in [0.3, 0.4) is 0 Å². The van der Waals surface area contributed by atoms with Crippen LogP contribution in [-0.2, 0) is 0 Å². The van der Waals surface area contributed by atoms with Gasteiger partial charge in [-0.2, -0.15) is 5.26 Å². The Bertz CT molecular complexity index is 924. The molecule has 1 unspecified atom stereocenters. The van der Waals surface area contributed by atoms with Crippen molar-refractivity contribution in [1.82, 2.24) is 15.1 Å². The molecule has 1 heterocycles. The molecule has 0 aromatic heterocycles. The van der Waals surface area contributed by atoms with E-state index in [1.54, 1.807) is 29.2 Å². The number of nitrogens with one attached hydrogen (secondary N) is 3. The number of nitrogens with zero attached hydrogens (tertiary/aromatic N) is 3. The third kappa shape index (κ3) is 5.15. The minimum absolute atomic E-state index is 0.151. The first-order valence-electron chi connectivity index (χ1n) is 9.85. The molecule has 7 nitrogen and oxygen atoms in total. The van der Waals surface area contributed by atoms with Crippen LogP contribution in [0.4, 0.5) is 16.2 Å². The lowest BCUT2D eigenvalue weighted by Gasteiger charge is -2.50. The first kappa shape index (κ1) is 21.8. The third-order valence-corrected chi connectivity index (χ3v) is 5.55. The van der Waals surface area contributed by atoms with Crippen LogP contribution in [0.25, 0.3) is 0 Å². The molecule has 0 radical (unpaired) electrons. The standard InChI is InChI=1S/C22H27ClN6O/c1-16-6-4-5-7-19(16)27-20(25-15-24)29-13-12-28(14-22(29,2)3)21(30)26-18-10-8-17(23)9-11-18/h4-11,20,25,27H,12-14H2,1-3H3,(H,26,30). The zero-order chi connectivity index (χ0) is 21.7. The quantitative estimate of drug-likeness (QED) is 0.381. The van der Waals surface area contributed by atoms with Crippen molar-refractivity contribution >= 4 is 29.0 Å². The monoisotopic (exact) mass is 426 g/mol. The van der Waals surface area contributed by atoms with E-state index in [1.807, 2.05) is 31.2 Å². The lowest BCUT2D eigenvalue weighted by Crippen LogP contribution is -2.67. The van der Waals surface area contributed by atoms with Crippen molar-refractivity contribution in [3.8, 4) is 6.19 Å². The highest BCUT2D eigenvalue weighted by Gasteiger charge is 2.39. The number of piperazine rings is 1. The molecule has 0 bridgehead atoms. The number of urea groups is 1. The van der Waals surface area contributed by atoms with Crippen molar-refractivity contribution in [2.75, 3.05) is 30.3 Å². The van der Waals surface area contributed by atoms with Crippen molar-refractivity contribution in [2.45, 2.75) is 32.6 Å². The van der Waals surface area contributed by atoms with E-state index >= 15 is 0 Å². The Morgan fingerprint density at radius 2 is 1.87 bits per heavy atom. The smallest absolute Gasteiger partial charge is 0.321 e. The molecule has 2 aromatic carbocycles.